The molecular formula is C23H21N3O2. The lowest BCUT2D eigenvalue weighted by atomic mass is 9.83. The van der Waals surface area contributed by atoms with Gasteiger partial charge in [-0.1, -0.05) is 24.3 Å². The summed E-state index contributed by atoms with van der Waals surface area (Å²) in [5.74, 6) is 0.839. The second-order valence-corrected chi connectivity index (χ2v) is 7.33. The topological polar surface area (TPSA) is 51.4 Å². The van der Waals surface area contributed by atoms with E-state index >= 15 is 0 Å². The minimum absolute atomic E-state index is 0.314. The first-order valence-electron chi connectivity index (χ1n) is 9.36. The molecule has 1 unspecified atom stereocenters. The van der Waals surface area contributed by atoms with Crippen LogP contribution in [0.1, 0.15) is 22.6 Å². The maximum Gasteiger partial charge on any atom is 0.232 e. The number of fused-ring (bicyclic) bond motifs is 2. The van der Waals surface area contributed by atoms with Crippen molar-refractivity contribution in [2.24, 2.45) is 0 Å². The first-order valence-corrected chi connectivity index (χ1v) is 9.36. The lowest BCUT2D eigenvalue weighted by Gasteiger charge is -2.33. The molecule has 0 spiro atoms. The summed E-state index contributed by atoms with van der Waals surface area (Å²) in [6, 6.07) is 15.1. The molecule has 2 aromatic heterocycles. The number of methoxy groups -OCH3 is 1. The predicted octanol–water partition coefficient (Wildman–Crippen LogP) is 4.48. The van der Waals surface area contributed by atoms with Crippen LogP contribution in [0.15, 0.2) is 65.5 Å². The van der Waals surface area contributed by atoms with Crippen LogP contribution in [-0.4, -0.2) is 35.6 Å². The molecule has 5 rings (SSSR count). The van der Waals surface area contributed by atoms with Crippen LogP contribution in [0.2, 0.25) is 0 Å². The van der Waals surface area contributed by atoms with Gasteiger partial charge in [0.2, 0.25) is 5.88 Å². The van der Waals surface area contributed by atoms with Crippen molar-refractivity contribution in [3.05, 3.63) is 77.8 Å². The molecule has 1 aliphatic heterocycles. The summed E-state index contributed by atoms with van der Waals surface area (Å²) >= 11 is 0. The minimum Gasteiger partial charge on any atom is -0.480 e. The molecular weight excluding hydrogens is 350 g/mol. The fraction of sp³-hybridized carbons (Fsp3) is 0.217. The molecule has 1 aliphatic rings. The van der Waals surface area contributed by atoms with Crippen molar-refractivity contribution in [1.82, 2.24) is 14.9 Å². The third kappa shape index (κ3) is 2.94. The highest BCUT2D eigenvalue weighted by Gasteiger charge is 2.25. The number of benzene rings is 2. The fourth-order valence-corrected chi connectivity index (χ4v) is 4.07. The molecule has 0 N–H and O–H groups in total. The molecule has 0 fully saturated rings. The molecule has 0 bridgehead atoms. The fourth-order valence-electron chi connectivity index (χ4n) is 4.07. The Hall–Kier alpha value is -3.18. The Kier molecular flexibility index (Phi) is 4.10. The number of aromatic nitrogens is 2. The van der Waals surface area contributed by atoms with E-state index in [1.54, 1.807) is 25.8 Å². The number of likely N-dealkylation sites (N-methyl/N-ethyl adjacent to an activating group) is 1. The van der Waals surface area contributed by atoms with E-state index in [0.717, 1.165) is 35.3 Å². The van der Waals surface area contributed by atoms with Crippen molar-refractivity contribution in [2.45, 2.75) is 12.5 Å². The Morgan fingerprint density at radius 1 is 1.11 bits per heavy atom. The van der Waals surface area contributed by atoms with Gasteiger partial charge in [0.15, 0.2) is 0 Å². The van der Waals surface area contributed by atoms with E-state index < -0.39 is 0 Å². The van der Waals surface area contributed by atoms with Crippen LogP contribution >= 0.6 is 0 Å². The maximum atomic E-state index is 5.62. The van der Waals surface area contributed by atoms with Gasteiger partial charge in [0.1, 0.15) is 5.58 Å². The molecule has 2 aromatic carbocycles. The zero-order valence-corrected chi connectivity index (χ0v) is 15.9. The summed E-state index contributed by atoms with van der Waals surface area (Å²) in [7, 11) is 3.77. The molecule has 140 valence electrons. The minimum atomic E-state index is 0.314. The third-order valence-electron chi connectivity index (χ3n) is 5.45. The average Bonchev–Trinajstić information content (AvgIpc) is 3.20. The van der Waals surface area contributed by atoms with Gasteiger partial charge in [-0.2, -0.15) is 0 Å². The highest BCUT2D eigenvalue weighted by atomic mass is 16.5. The molecule has 0 saturated heterocycles. The van der Waals surface area contributed by atoms with Crippen LogP contribution < -0.4 is 4.74 Å². The number of hydrogen-bond acceptors (Lipinski definition) is 5. The van der Waals surface area contributed by atoms with Crippen LogP contribution in [0.25, 0.3) is 22.2 Å². The van der Waals surface area contributed by atoms with Gasteiger partial charge in [-0.05, 0) is 41.9 Å². The standard InChI is InChI=1S/C23H21N3O2/c1-26-13-18-9-17(21-11-24-12-23(25-21)27-2)5-6-19(18)20(14-26)16-4-3-15-7-8-28-22(15)10-16/h3-12,20H,13-14H2,1-2H3. The Bertz CT molecular complexity index is 1150. The molecule has 1 atom stereocenters. The summed E-state index contributed by atoms with van der Waals surface area (Å²) in [5.41, 5.74) is 6.79. The largest absolute Gasteiger partial charge is 0.480 e. The second kappa shape index (κ2) is 6.77. The number of nitrogens with zero attached hydrogens (tertiary/aromatic N) is 3. The van der Waals surface area contributed by atoms with E-state index in [1.165, 1.54) is 16.7 Å². The van der Waals surface area contributed by atoms with E-state index in [-0.39, 0.29) is 0 Å². The Balaban J connectivity index is 1.57. The monoisotopic (exact) mass is 371 g/mol. The summed E-state index contributed by atoms with van der Waals surface area (Å²) < 4.78 is 10.8. The first-order chi connectivity index (χ1) is 13.7. The normalized spacial score (nSPS) is 16.9. The van der Waals surface area contributed by atoms with Gasteiger partial charge in [0.25, 0.3) is 0 Å². The van der Waals surface area contributed by atoms with Crippen LogP contribution in [0.4, 0.5) is 0 Å². The summed E-state index contributed by atoms with van der Waals surface area (Å²) in [5, 5.41) is 1.14. The van der Waals surface area contributed by atoms with E-state index in [0.29, 0.717) is 11.8 Å². The smallest absolute Gasteiger partial charge is 0.232 e. The zero-order valence-electron chi connectivity index (χ0n) is 15.9. The van der Waals surface area contributed by atoms with Crippen LogP contribution in [-0.2, 0) is 6.54 Å². The number of ether oxygens (including phenoxy) is 1. The summed E-state index contributed by atoms with van der Waals surface area (Å²) in [6.45, 7) is 1.90. The van der Waals surface area contributed by atoms with Gasteiger partial charge >= 0.3 is 0 Å². The molecule has 5 nitrogen and oxygen atoms in total. The molecule has 5 heteroatoms. The number of rotatable bonds is 3. The predicted molar refractivity (Wildman–Crippen MR) is 108 cm³/mol. The lowest BCUT2D eigenvalue weighted by Crippen LogP contribution is -2.31. The first kappa shape index (κ1) is 17.0. The highest BCUT2D eigenvalue weighted by Crippen LogP contribution is 2.36. The van der Waals surface area contributed by atoms with Gasteiger partial charge < -0.3 is 14.1 Å². The Morgan fingerprint density at radius 2 is 2.04 bits per heavy atom. The van der Waals surface area contributed by atoms with E-state index in [2.05, 4.69) is 58.3 Å². The molecule has 0 saturated carbocycles. The van der Waals surface area contributed by atoms with Crippen LogP contribution in [0, 0.1) is 0 Å². The van der Waals surface area contributed by atoms with Crippen molar-refractivity contribution < 1.29 is 9.15 Å². The second-order valence-electron chi connectivity index (χ2n) is 7.33. The lowest BCUT2D eigenvalue weighted by molar-refractivity contribution is 0.295. The summed E-state index contributed by atoms with van der Waals surface area (Å²) in [6.07, 6.45) is 5.15. The van der Waals surface area contributed by atoms with Gasteiger partial charge in [-0.15, -0.1) is 0 Å². The molecule has 4 aromatic rings. The van der Waals surface area contributed by atoms with Gasteiger partial charge in [-0.3, -0.25) is 4.98 Å². The average molecular weight is 371 g/mol. The van der Waals surface area contributed by atoms with Crippen molar-refractivity contribution in [2.75, 3.05) is 20.7 Å². The number of hydrogen-bond donors (Lipinski definition) is 0. The number of furan rings is 1. The third-order valence-corrected chi connectivity index (χ3v) is 5.45. The van der Waals surface area contributed by atoms with Gasteiger partial charge in [-0.25, -0.2) is 4.98 Å². The van der Waals surface area contributed by atoms with Crippen molar-refractivity contribution in [3.63, 3.8) is 0 Å². The maximum absolute atomic E-state index is 5.62. The van der Waals surface area contributed by atoms with Crippen molar-refractivity contribution >= 4 is 11.0 Å². The summed E-state index contributed by atoms with van der Waals surface area (Å²) in [4.78, 5) is 11.1. The van der Waals surface area contributed by atoms with Crippen molar-refractivity contribution in [1.29, 1.82) is 0 Å². The van der Waals surface area contributed by atoms with Gasteiger partial charge in [0.05, 0.1) is 31.5 Å². The molecule has 28 heavy (non-hydrogen) atoms. The van der Waals surface area contributed by atoms with E-state index in [1.807, 2.05) is 6.07 Å². The molecule has 0 radical (unpaired) electrons. The SMILES string of the molecule is COc1cncc(-c2ccc3c(c2)CN(C)CC3c2ccc3ccoc3c2)n1. The Labute approximate surface area is 163 Å². The van der Waals surface area contributed by atoms with Crippen LogP contribution in [0.3, 0.4) is 0 Å². The zero-order chi connectivity index (χ0) is 19.1. The van der Waals surface area contributed by atoms with Crippen LogP contribution in [0.5, 0.6) is 5.88 Å². The highest BCUT2D eigenvalue weighted by molar-refractivity contribution is 5.78. The van der Waals surface area contributed by atoms with E-state index in [4.69, 9.17) is 9.15 Å². The van der Waals surface area contributed by atoms with Crippen molar-refractivity contribution in [3.8, 4) is 17.1 Å². The molecule has 3 heterocycles. The molecule has 0 aliphatic carbocycles. The quantitative estimate of drug-likeness (QED) is 0.532. The van der Waals surface area contributed by atoms with Gasteiger partial charge in [0, 0.05) is 30.0 Å². The van der Waals surface area contributed by atoms with E-state index in [9.17, 15) is 0 Å². The molecule has 0 amide bonds. The Morgan fingerprint density at radius 3 is 2.93 bits per heavy atom.